The molecule has 0 bridgehead atoms. The van der Waals surface area contributed by atoms with Crippen molar-refractivity contribution in [3.05, 3.63) is 10.4 Å². The van der Waals surface area contributed by atoms with Gasteiger partial charge in [0, 0.05) is 4.91 Å². The van der Waals surface area contributed by atoms with Gasteiger partial charge in [0.2, 0.25) is 5.72 Å². The normalized spacial score (nSPS) is 39.8. The van der Waals surface area contributed by atoms with Gasteiger partial charge in [0.05, 0.1) is 6.61 Å². The predicted molar refractivity (Wildman–Crippen MR) is 61.8 cm³/mol. The number of nitrogens with zero attached hydrogens (tertiary/aromatic N) is 3. The molecule has 102 valence electrons. The minimum absolute atomic E-state index is 0.240. The third-order valence-electron chi connectivity index (χ3n) is 2.50. The van der Waals surface area contributed by atoms with Crippen molar-refractivity contribution in [3.63, 3.8) is 0 Å². The van der Waals surface area contributed by atoms with Crippen LogP contribution < -0.4 is 11.1 Å². The summed E-state index contributed by atoms with van der Waals surface area (Å²) in [5.74, 6) is 0. The lowest BCUT2D eigenvalue weighted by Gasteiger charge is -2.45. The maximum Gasteiger partial charge on any atom is 0.202 e. The molecule has 0 radical (unpaired) electrons. The van der Waals surface area contributed by atoms with Gasteiger partial charge in [-0.3, -0.25) is 0 Å². The van der Waals surface area contributed by atoms with Crippen LogP contribution in [0, 0.1) is 0 Å². The van der Waals surface area contributed by atoms with Gasteiger partial charge in [-0.15, -0.1) is 0 Å². The Bertz CT molecular complexity index is 377. The topological polar surface area (TPSA) is 177 Å². The van der Waals surface area contributed by atoms with E-state index in [4.69, 9.17) is 21.1 Å². The molecule has 1 unspecified atom stereocenters. The Hall–Kier alpha value is -1.20. The van der Waals surface area contributed by atoms with Crippen LogP contribution in [0.25, 0.3) is 10.4 Å². The number of ether oxygens (including phenoxy) is 1. The Morgan fingerprint density at radius 2 is 2.17 bits per heavy atom. The van der Waals surface area contributed by atoms with Gasteiger partial charge in [0.25, 0.3) is 0 Å². The van der Waals surface area contributed by atoms with E-state index in [-0.39, 0.29) is 5.11 Å². The minimum Gasteiger partial charge on any atom is -0.394 e. The molecule has 11 heteroatoms. The number of aliphatic hydroxyl groups is 4. The molecule has 7 N–H and O–H groups in total. The van der Waals surface area contributed by atoms with Crippen LogP contribution in [0.1, 0.15) is 0 Å². The third kappa shape index (κ3) is 2.62. The minimum atomic E-state index is -2.57. The Labute approximate surface area is 107 Å². The average molecular weight is 279 g/mol. The number of nitrogens with two attached hydrogens (primary N) is 1. The molecule has 1 aliphatic heterocycles. The second-order valence-electron chi connectivity index (χ2n) is 3.65. The number of thiocarbonyl (C=S) groups is 1. The van der Waals surface area contributed by atoms with Crippen LogP contribution in [-0.2, 0) is 4.74 Å². The lowest BCUT2D eigenvalue weighted by atomic mass is 9.92. The summed E-state index contributed by atoms with van der Waals surface area (Å²) < 4.78 is 5.04. The molecule has 0 aromatic rings. The zero-order valence-corrected chi connectivity index (χ0v) is 9.86. The van der Waals surface area contributed by atoms with Gasteiger partial charge in [-0.2, -0.15) is 0 Å². The summed E-state index contributed by atoms with van der Waals surface area (Å²) in [6.07, 6.45) is -6.25. The summed E-state index contributed by atoms with van der Waals surface area (Å²) in [6, 6.07) is 0. The third-order valence-corrected chi connectivity index (χ3v) is 2.62. The van der Waals surface area contributed by atoms with Gasteiger partial charge in [-0.05, 0) is 17.7 Å². The van der Waals surface area contributed by atoms with Crippen LogP contribution >= 0.6 is 12.2 Å². The molecule has 0 saturated carbocycles. The predicted octanol–water partition coefficient (Wildman–Crippen LogP) is -2.74. The van der Waals surface area contributed by atoms with Crippen molar-refractivity contribution in [3.8, 4) is 0 Å². The van der Waals surface area contributed by atoms with E-state index in [0.717, 1.165) is 0 Å². The molecule has 0 spiro atoms. The highest BCUT2D eigenvalue weighted by molar-refractivity contribution is 7.80. The Morgan fingerprint density at radius 3 is 2.61 bits per heavy atom. The summed E-state index contributed by atoms with van der Waals surface area (Å²) in [5, 5.41) is 43.5. The number of rotatable bonds is 3. The van der Waals surface area contributed by atoms with Gasteiger partial charge in [0.15, 0.2) is 11.3 Å². The molecule has 0 amide bonds. The maximum absolute atomic E-state index is 9.96. The second-order valence-corrected chi connectivity index (χ2v) is 4.09. The SMILES string of the molecule is [N-]=[N+]=N[C@@]1(O)[C@@H](O)C(NC(N)=S)O[C@H](CO)[C@@H]1O. The largest absolute Gasteiger partial charge is 0.394 e. The fraction of sp³-hybridized carbons (Fsp3) is 0.857. The Kier molecular flexibility index (Phi) is 4.65. The molecule has 0 aromatic heterocycles. The first-order chi connectivity index (χ1) is 8.36. The number of hydrogen-bond donors (Lipinski definition) is 6. The fourth-order valence-corrected chi connectivity index (χ4v) is 1.71. The number of hydrogen-bond acceptors (Lipinski definition) is 7. The lowest BCUT2D eigenvalue weighted by Crippen LogP contribution is -2.69. The Balaban J connectivity index is 3.06. The molecule has 1 saturated heterocycles. The number of nitrogens with one attached hydrogen (secondary N) is 1. The van der Waals surface area contributed by atoms with Crippen molar-refractivity contribution in [2.45, 2.75) is 30.3 Å². The van der Waals surface area contributed by atoms with Crippen LogP contribution in [0.15, 0.2) is 5.11 Å². The van der Waals surface area contributed by atoms with Crippen LogP contribution in [0.5, 0.6) is 0 Å². The molecule has 10 nitrogen and oxygen atoms in total. The first-order valence-corrected chi connectivity index (χ1v) is 5.24. The monoisotopic (exact) mass is 279 g/mol. The van der Waals surface area contributed by atoms with Crippen molar-refractivity contribution in [1.29, 1.82) is 0 Å². The van der Waals surface area contributed by atoms with Crippen LogP contribution in [0.4, 0.5) is 0 Å². The quantitative estimate of drug-likeness (QED) is 0.139. The standard InChI is InChI=1S/C7H13N5O5S/c8-6(18)10-5-4(15)7(16,11-12-9)3(14)2(1-13)17-5/h2-5,13-16H,1H2,(H3,8,10,18)/t2-,3+,4+,5?,7+/m1/s1. The highest BCUT2D eigenvalue weighted by atomic mass is 32.1. The van der Waals surface area contributed by atoms with Crippen molar-refractivity contribution >= 4 is 17.3 Å². The van der Waals surface area contributed by atoms with E-state index in [9.17, 15) is 15.3 Å². The molecular weight excluding hydrogens is 266 g/mol. The van der Waals surface area contributed by atoms with Gasteiger partial charge in [0.1, 0.15) is 18.3 Å². The van der Waals surface area contributed by atoms with Crippen molar-refractivity contribution in [2.75, 3.05) is 6.61 Å². The van der Waals surface area contributed by atoms with E-state index in [1.165, 1.54) is 0 Å². The van der Waals surface area contributed by atoms with Crippen molar-refractivity contribution in [1.82, 2.24) is 5.32 Å². The summed E-state index contributed by atoms with van der Waals surface area (Å²) in [5.41, 5.74) is 11.0. The first kappa shape index (κ1) is 14.9. The highest BCUT2D eigenvalue weighted by Gasteiger charge is 2.55. The smallest absolute Gasteiger partial charge is 0.202 e. The summed E-state index contributed by atoms with van der Waals surface area (Å²) >= 11 is 4.54. The second kappa shape index (κ2) is 5.63. The molecule has 1 aliphatic rings. The van der Waals surface area contributed by atoms with E-state index in [2.05, 4.69) is 27.6 Å². The number of azide groups is 1. The summed E-state index contributed by atoms with van der Waals surface area (Å²) in [6.45, 7) is -0.674. The van der Waals surface area contributed by atoms with Gasteiger partial charge in [-0.1, -0.05) is 5.11 Å². The van der Waals surface area contributed by atoms with E-state index in [1.807, 2.05) is 0 Å². The van der Waals surface area contributed by atoms with E-state index in [0.29, 0.717) is 0 Å². The molecule has 1 rings (SSSR count). The van der Waals surface area contributed by atoms with Crippen LogP contribution in [0.2, 0.25) is 0 Å². The summed E-state index contributed by atoms with van der Waals surface area (Å²) in [7, 11) is 0. The zero-order valence-electron chi connectivity index (χ0n) is 9.04. The average Bonchev–Trinajstić information content (AvgIpc) is 2.30. The molecule has 18 heavy (non-hydrogen) atoms. The molecule has 5 atom stereocenters. The molecule has 0 aromatic carbocycles. The molecule has 1 fully saturated rings. The van der Waals surface area contributed by atoms with E-state index in [1.54, 1.807) is 0 Å². The van der Waals surface area contributed by atoms with E-state index < -0.39 is 36.9 Å². The fourth-order valence-electron chi connectivity index (χ4n) is 1.59. The van der Waals surface area contributed by atoms with Crippen LogP contribution in [0.3, 0.4) is 0 Å². The summed E-state index contributed by atoms with van der Waals surface area (Å²) in [4.78, 5) is 2.34. The zero-order chi connectivity index (χ0) is 13.9. The van der Waals surface area contributed by atoms with Crippen LogP contribution in [-0.4, -0.2) is 62.4 Å². The highest BCUT2D eigenvalue weighted by Crippen LogP contribution is 2.30. The molecule has 1 heterocycles. The van der Waals surface area contributed by atoms with Gasteiger partial charge in [-0.25, -0.2) is 0 Å². The van der Waals surface area contributed by atoms with Crippen molar-refractivity contribution < 1.29 is 25.2 Å². The molecular formula is C7H13N5O5S. The van der Waals surface area contributed by atoms with E-state index >= 15 is 0 Å². The number of aliphatic hydroxyl groups excluding tert-OH is 3. The van der Waals surface area contributed by atoms with Gasteiger partial charge < -0.3 is 36.2 Å². The Morgan fingerprint density at radius 1 is 1.56 bits per heavy atom. The van der Waals surface area contributed by atoms with Crippen molar-refractivity contribution in [2.24, 2.45) is 10.8 Å². The maximum atomic E-state index is 9.96. The lowest BCUT2D eigenvalue weighted by molar-refractivity contribution is -0.275. The first-order valence-electron chi connectivity index (χ1n) is 4.83. The van der Waals surface area contributed by atoms with Gasteiger partial charge >= 0.3 is 0 Å². The molecule has 0 aliphatic carbocycles.